The Hall–Kier alpha value is -1.71. The summed E-state index contributed by atoms with van der Waals surface area (Å²) in [6.07, 6.45) is 1.06. The molecule has 1 rings (SSSR count). The molecule has 3 N–H and O–H groups in total. The molecule has 0 spiro atoms. The van der Waals surface area contributed by atoms with Crippen molar-refractivity contribution in [3.05, 3.63) is 29.3 Å². The van der Waals surface area contributed by atoms with Gasteiger partial charge in [0.05, 0.1) is 0 Å². The monoisotopic (exact) mass is 221 g/mol. The zero-order valence-electron chi connectivity index (χ0n) is 10.1. The molecule has 88 valence electrons. The molecule has 0 fully saturated rings. The van der Waals surface area contributed by atoms with Crippen LogP contribution in [0.1, 0.15) is 24.5 Å². The molecule has 0 aromatic heterocycles. The summed E-state index contributed by atoms with van der Waals surface area (Å²) in [4.78, 5) is 2.11. The molecular weight excluding hydrogens is 202 g/mol. The number of nitrogens with zero attached hydrogens (tertiary/aromatic N) is 2. The van der Waals surface area contributed by atoms with Crippen LogP contribution in [0.25, 0.3) is 0 Å². The van der Waals surface area contributed by atoms with Gasteiger partial charge in [-0.15, -0.1) is 0 Å². The number of hydrogen-bond donors (Lipinski definition) is 2. The van der Waals surface area contributed by atoms with Crippen molar-refractivity contribution in [3.8, 4) is 0 Å². The van der Waals surface area contributed by atoms with Crippen LogP contribution in [0.3, 0.4) is 0 Å². The lowest BCUT2D eigenvalue weighted by molar-refractivity contribution is 0.318. The maximum absolute atomic E-state index is 8.74. The van der Waals surface area contributed by atoms with E-state index in [4.69, 9.17) is 10.9 Å². The number of nitrogens with two attached hydrogens (primary N) is 1. The van der Waals surface area contributed by atoms with E-state index in [0.29, 0.717) is 0 Å². The summed E-state index contributed by atoms with van der Waals surface area (Å²) >= 11 is 0. The zero-order chi connectivity index (χ0) is 12.1. The predicted molar refractivity (Wildman–Crippen MR) is 67.3 cm³/mol. The summed E-state index contributed by atoms with van der Waals surface area (Å²) < 4.78 is 0. The second kappa shape index (κ2) is 5.39. The first-order valence-corrected chi connectivity index (χ1v) is 5.39. The van der Waals surface area contributed by atoms with E-state index >= 15 is 0 Å². The summed E-state index contributed by atoms with van der Waals surface area (Å²) in [6, 6.07) is 5.88. The normalized spacial score (nSPS) is 11.6. The average molecular weight is 221 g/mol. The maximum Gasteiger partial charge on any atom is 0.172 e. The van der Waals surface area contributed by atoms with Gasteiger partial charge in [-0.1, -0.05) is 18.1 Å². The Bertz CT molecular complexity index is 388. The minimum absolute atomic E-state index is 0.151. The summed E-state index contributed by atoms with van der Waals surface area (Å²) in [6.45, 7) is 5.09. The van der Waals surface area contributed by atoms with E-state index in [2.05, 4.69) is 17.0 Å². The summed E-state index contributed by atoms with van der Waals surface area (Å²) in [5.74, 6) is 0.151. The smallest absolute Gasteiger partial charge is 0.172 e. The van der Waals surface area contributed by atoms with Crippen molar-refractivity contribution in [2.75, 3.05) is 18.5 Å². The Kier molecular flexibility index (Phi) is 4.17. The van der Waals surface area contributed by atoms with E-state index in [0.717, 1.165) is 29.8 Å². The summed E-state index contributed by atoms with van der Waals surface area (Å²) in [5.41, 5.74) is 8.58. The molecule has 0 aliphatic carbocycles. The van der Waals surface area contributed by atoms with Crippen LogP contribution < -0.4 is 10.6 Å². The van der Waals surface area contributed by atoms with Gasteiger partial charge in [0.2, 0.25) is 0 Å². The number of hydrogen-bond acceptors (Lipinski definition) is 3. The van der Waals surface area contributed by atoms with Gasteiger partial charge in [-0.25, -0.2) is 0 Å². The summed E-state index contributed by atoms with van der Waals surface area (Å²) in [5, 5.41) is 11.8. The fourth-order valence-corrected chi connectivity index (χ4v) is 1.68. The highest BCUT2D eigenvalue weighted by molar-refractivity contribution is 6.02. The zero-order valence-corrected chi connectivity index (χ0v) is 10.1. The summed E-state index contributed by atoms with van der Waals surface area (Å²) in [7, 11) is 2.01. The Morgan fingerprint density at radius 1 is 1.50 bits per heavy atom. The predicted octanol–water partition coefficient (Wildman–Crippen LogP) is 1.94. The van der Waals surface area contributed by atoms with Crippen molar-refractivity contribution in [2.24, 2.45) is 10.9 Å². The molecule has 0 aliphatic heterocycles. The van der Waals surface area contributed by atoms with Crippen LogP contribution in [-0.4, -0.2) is 24.6 Å². The van der Waals surface area contributed by atoms with E-state index < -0.39 is 0 Å². The maximum atomic E-state index is 8.74. The Morgan fingerprint density at radius 3 is 2.75 bits per heavy atom. The second-order valence-electron chi connectivity index (χ2n) is 3.93. The molecular formula is C12H19N3O. The van der Waals surface area contributed by atoms with E-state index in [9.17, 15) is 0 Å². The van der Waals surface area contributed by atoms with Crippen LogP contribution in [-0.2, 0) is 0 Å². The van der Waals surface area contributed by atoms with Gasteiger partial charge in [0.25, 0.3) is 0 Å². The Morgan fingerprint density at radius 2 is 2.19 bits per heavy atom. The highest BCUT2D eigenvalue weighted by Gasteiger charge is 2.10. The Labute approximate surface area is 96.4 Å². The number of anilines is 1. The molecule has 0 heterocycles. The van der Waals surface area contributed by atoms with Gasteiger partial charge in [-0.2, -0.15) is 0 Å². The third kappa shape index (κ3) is 2.66. The molecule has 0 unspecified atom stereocenters. The molecule has 0 bridgehead atoms. The molecule has 0 saturated heterocycles. The fourth-order valence-electron chi connectivity index (χ4n) is 1.68. The van der Waals surface area contributed by atoms with Crippen molar-refractivity contribution < 1.29 is 5.21 Å². The number of rotatable bonds is 4. The molecule has 0 radical (unpaired) electrons. The molecule has 1 aromatic carbocycles. The quantitative estimate of drug-likeness (QED) is 0.353. The lowest BCUT2D eigenvalue weighted by Crippen LogP contribution is -2.23. The lowest BCUT2D eigenvalue weighted by Gasteiger charge is -2.21. The van der Waals surface area contributed by atoms with Gasteiger partial charge in [0.1, 0.15) is 0 Å². The van der Waals surface area contributed by atoms with Crippen LogP contribution in [0.15, 0.2) is 23.4 Å². The largest absolute Gasteiger partial charge is 0.409 e. The highest BCUT2D eigenvalue weighted by Crippen LogP contribution is 2.21. The van der Waals surface area contributed by atoms with Gasteiger partial charge in [0, 0.05) is 24.8 Å². The molecule has 0 aliphatic rings. The van der Waals surface area contributed by atoms with Crippen molar-refractivity contribution in [1.29, 1.82) is 0 Å². The van der Waals surface area contributed by atoms with Crippen LogP contribution >= 0.6 is 0 Å². The molecule has 4 nitrogen and oxygen atoms in total. The molecule has 4 heteroatoms. The van der Waals surface area contributed by atoms with Gasteiger partial charge in [0.15, 0.2) is 5.84 Å². The number of aryl methyl sites for hydroxylation is 1. The van der Waals surface area contributed by atoms with E-state index in [-0.39, 0.29) is 5.84 Å². The lowest BCUT2D eigenvalue weighted by atomic mass is 10.1. The van der Waals surface area contributed by atoms with Crippen molar-refractivity contribution in [1.82, 2.24) is 0 Å². The first-order chi connectivity index (χ1) is 7.60. The van der Waals surface area contributed by atoms with E-state index in [1.54, 1.807) is 0 Å². The van der Waals surface area contributed by atoms with Crippen LogP contribution in [0.2, 0.25) is 0 Å². The number of oxime groups is 1. The molecule has 1 aromatic rings. The first-order valence-electron chi connectivity index (χ1n) is 5.39. The molecule has 0 amide bonds. The van der Waals surface area contributed by atoms with Crippen LogP contribution in [0, 0.1) is 6.92 Å². The first kappa shape index (κ1) is 12.4. The SMILES string of the molecule is CCCN(C)c1cc(C)ccc1C(N)=NO. The molecule has 16 heavy (non-hydrogen) atoms. The number of amidine groups is 1. The third-order valence-electron chi connectivity index (χ3n) is 2.51. The fraction of sp³-hybridized carbons (Fsp3) is 0.417. The van der Waals surface area contributed by atoms with Gasteiger partial charge in [-0.05, 0) is 31.0 Å². The topological polar surface area (TPSA) is 61.8 Å². The second-order valence-corrected chi connectivity index (χ2v) is 3.93. The standard InChI is InChI=1S/C12H19N3O/c1-4-7-15(3)11-8-9(2)5-6-10(11)12(13)14-16/h5-6,8,16H,4,7H2,1-3H3,(H2,13,14). The highest BCUT2D eigenvalue weighted by atomic mass is 16.4. The van der Waals surface area contributed by atoms with Crippen molar-refractivity contribution >= 4 is 11.5 Å². The Balaban J connectivity index is 3.17. The minimum atomic E-state index is 0.151. The van der Waals surface area contributed by atoms with Gasteiger partial charge < -0.3 is 15.8 Å². The van der Waals surface area contributed by atoms with Gasteiger partial charge >= 0.3 is 0 Å². The van der Waals surface area contributed by atoms with Crippen LogP contribution in [0.5, 0.6) is 0 Å². The molecule has 0 atom stereocenters. The van der Waals surface area contributed by atoms with E-state index in [1.165, 1.54) is 0 Å². The van der Waals surface area contributed by atoms with Crippen LogP contribution in [0.4, 0.5) is 5.69 Å². The van der Waals surface area contributed by atoms with E-state index in [1.807, 2.05) is 32.2 Å². The minimum Gasteiger partial charge on any atom is -0.409 e. The average Bonchev–Trinajstić information content (AvgIpc) is 2.28. The van der Waals surface area contributed by atoms with Gasteiger partial charge in [-0.3, -0.25) is 0 Å². The molecule has 0 saturated carbocycles. The third-order valence-corrected chi connectivity index (χ3v) is 2.51. The van der Waals surface area contributed by atoms with Crippen molar-refractivity contribution in [2.45, 2.75) is 20.3 Å². The van der Waals surface area contributed by atoms with Crippen molar-refractivity contribution in [3.63, 3.8) is 0 Å². The number of benzene rings is 1.